The lowest BCUT2D eigenvalue weighted by Gasteiger charge is -2.24. The smallest absolute Gasteiger partial charge is 0.301 e. The van der Waals surface area contributed by atoms with Gasteiger partial charge in [-0.25, -0.2) is 9.37 Å². The molecule has 0 aliphatic carbocycles. The van der Waals surface area contributed by atoms with Crippen LogP contribution in [0.25, 0.3) is 5.76 Å². The number of hydrogen-bond donors (Lipinski definition) is 1. The highest BCUT2D eigenvalue weighted by molar-refractivity contribution is 6.51. The minimum absolute atomic E-state index is 0.122. The molecule has 0 radical (unpaired) electrons. The van der Waals surface area contributed by atoms with Crippen molar-refractivity contribution in [1.29, 1.82) is 0 Å². The molecular formula is C22H14FN3O5. The number of aliphatic hydroxyl groups excluding tert-OH is 1. The van der Waals surface area contributed by atoms with E-state index in [0.29, 0.717) is 5.56 Å². The fourth-order valence-electron chi connectivity index (χ4n) is 3.42. The van der Waals surface area contributed by atoms with Gasteiger partial charge in [-0.05, 0) is 42.0 Å². The van der Waals surface area contributed by atoms with Crippen LogP contribution in [0.1, 0.15) is 17.2 Å². The average Bonchev–Trinajstić information content (AvgIpc) is 3.05. The van der Waals surface area contributed by atoms with Crippen molar-refractivity contribution >= 4 is 29.0 Å². The van der Waals surface area contributed by atoms with E-state index in [2.05, 4.69) is 4.98 Å². The molecule has 2 aromatic carbocycles. The van der Waals surface area contributed by atoms with Gasteiger partial charge in [-0.1, -0.05) is 18.2 Å². The first kappa shape index (κ1) is 19.9. The first-order chi connectivity index (χ1) is 14.9. The van der Waals surface area contributed by atoms with Crippen LogP contribution in [0.3, 0.4) is 0 Å². The third-order valence-electron chi connectivity index (χ3n) is 4.88. The van der Waals surface area contributed by atoms with Gasteiger partial charge in [0.1, 0.15) is 17.4 Å². The predicted octanol–water partition coefficient (Wildman–Crippen LogP) is 3.76. The van der Waals surface area contributed by atoms with E-state index < -0.39 is 34.2 Å². The molecule has 1 aromatic heterocycles. The number of carbonyl (C=O) groups is 2. The SMILES string of the molecule is O=C1C(=O)N(c2ccccn2)C(c2ccc(F)cc2)/C1=C(/O)c1ccc([N+](=O)[O-])cc1. The molecule has 1 saturated heterocycles. The monoisotopic (exact) mass is 419 g/mol. The molecule has 9 heteroatoms. The highest BCUT2D eigenvalue weighted by atomic mass is 19.1. The van der Waals surface area contributed by atoms with Gasteiger partial charge in [0.15, 0.2) is 0 Å². The van der Waals surface area contributed by atoms with Crippen molar-refractivity contribution in [3.63, 3.8) is 0 Å². The number of amides is 1. The molecule has 2 heterocycles. The predicted molar refractivity (Wildman–Crippen MR) is 109 cm³/mol. The number of pyridine rings is 1. The first-order valence-electron chi connectivity index (χ1n) is 9.11. The van der Waals surface area contributed by atoms with Crippen LogP contribution in [-0.2, 0) is 9.59 Å². The molecule has 8 nitrogen and oxygen atoms in total. The van der Waals surface area contributed by atoms with Crippen LogP contribution in [0, 0.1) is 15.9 Å². The summed E-state index contributed by atoms with van der Waals surface area (Å²) >= 11 is 0. The van der Waals surface area contributed by atoms with E-state index >= 15 is 0 Å². The molecule has 31 heavy (non-hydrogen) atoms. The van der Waals surface area contributed by atoms with Crippen LogP contribution >= 0.6 is 0 Å². The van der Waals surface area contributed by atoms with Crippen molar-refractivity contribution in [1.82, 2.24) is 4.98 Å². The molecule has 1 fully saturated rings. The van der Waals surface area contributed by atoms with Gasteiger partial charge in [-0.15, -0.1) is 0 Å². The number of aliphatic hydroxyl groups is 1. The molecule has 1 aliphatic heterocycles. The molecule has 1 amide bonds. The van der Waals surface area contributed by atoms with Crippen LogP contribution in [0.2, 0.25) is 0 Å². The highest BCUT2D eigenvalue weighted by Crippen LogP contribution is 2.41. The van der Waals surface area contributed by atoms with Crippen molar-refractivity contribution in [2.45, 2.75) is 6.04 Å². The third kappa shape index (κ3) is 3.52. The summed E-state index contributed by atoms with van der Waals surface area (Å²) in [5.74, 6) is -2.68. The van der Waals surface area contributed by atoms with Crippen LogP contribution in [0.5, 0.6) is 0 Å². The molecule has 154 valence electrons. The Balaban J connectivity index is 1.91. The summed E-state index contributed by atoms with van der Waals surface area (Å²) in [6.07, 6.45) is 1.45. The van der Waals surface area contributed by atoms with E-state index in [4.69, 9.17) is 0 Å². The Kier molecular flexibility index (Phi) is 5.00. The van der Waals surface area contributed by atoms with Gasteiger partial charge < -0.3 is 5.11 Å². The summed E-state index contributed by atoms with van der Waals surface area (Å²) in [7, 11) is 0. The molecule has 0 spiro atoms. The lowest BCUT2D eigenvalue weighted by molar-refractivity contribution is -0.384. The van der Waals surface area contributed by atoms with Gasteiger partial charge in [-0.3, -0.25) is 24.6 Å². The van der Waals surface area contributed by atoms with E-state index in [1.165, 1.54) is 60.8 Å². The minimum Gasteiger partial charge on any atom is -0.507 e. The summed E-state index contributed by atoms with van der Waals surface area (Å²) in [6, 6.07) is 13.8. The minimum atomic E-state index is -1.06. The van der Waals surface area contributed by atoms with E-state index in [-0.39, 0.29) is 22.6 Å². The summed E-state index contributed by atoms with van der Waals surface area (Å²) in [4.78, 5) is 41.3. The fourth-order valence-corrected chi connectivity index (χ4v) is 3.42. The average molecular weight is 419 g/mol. The van der Waals surface area contributed by atoms with Gasteiger partial charge in [0.25, 0.3) is 11.5 Å². The Morgan fingerprint density at radius 2 is 1.71 bits per heavy atom. The number of hydrogen-bond acceptors (Lipinski definition) is 6. The molecule has 4 rings (SSSR count). The van der Waals surface area contributed by atoms with Crippen molar-refractivity contribution in [3.05, 3.63) is 106 Å². The van der Waals surface area contributed by atoms with Crippen molar-refractivity contribution in [2.24, 2.45) is 0 Å². The normalized spacial score (nSPS) is 17.7. The number of Topliss-reactive ketones (excluding diaryl/α,β-unsaturated/α-hetero) is 1. The van der Waals surface area contributed by atoms with Crippen LogP contribution in [0.4, 0.5) is 15.9 Å². The maximum absolute atomic E-state index is 13.5. The van der Waals surface area contributed by atoms with E-state index in [9.17, 15) is 29.2 Å². The Morgan fingerprint density at radius 1 is 1.03 bits per heavy atom. The molecule has 1 unspecified atom stereocenters. The topological polar surface area (TPSA) is 114 Å². The zero-order chi connectivity index (χ0) is 22.1. The number of nitro benzene ring substituents is 1. The van der Waals surface area contributed by atoms with Gasteiger partial charge >= 0.3 is 5.91 Å². The summed E-state index contributed by atoms with van der Waals surface area (Å²) in [5, 5.41) is 21.8. The molecule has 0 bridgehead atoms. The molecule has 1 aliphatic rings. The van der Waals surface area contributed by atoms with E-state index in [0.717, 1.165) is 4.90 Å². The Labute approximate surface area is 175 Å². The first-order valence-corrected chi connectivity index (χ1v) is 9.11. The quantitative estimate of drug-likeness (QED) is 0.226. The Hall–Kier alpha value is -4.40. The standard InChI is InChI=1S/C22H14FN3O5/c23-15-8-4-13(5-9-15)19-18(20(27)14-6-10-16(11-7-14)26(30)31)21(28)22(29)25(19)17-3-1-2-12-24-17/h1-12,19,27H/b20-18-. The number of carbonyl (C=O) groups excluding carboxylic acids is 2. The third-order valence-corrected chi connectivity index (χ3v) is 4.88. The van der Waals surface area contributed by atoms with Crippen molar-refractivity contribution in [2.75, 3.05) is 4.90 Å². The van der Waals surface area contributed by atoms with Crippen LogP contribution < -0.4 is 4.90 Å². The number of nitrogens with zero attached hydrogens (tertiary/aromatic N) is 3. The van der Waals surface area contributed by atoms with Crippen molar-refractivity contribution < 1.29 is 24.0 Å². The molecular weight excluding hydrogens is 405 g/mol. The zero-order valence-electron chi connectivity index (χ0n) is 15.8. The van der Waals surface area contributed by atoms with Gasteiger partial charge in [-0.2, -0.15) is 0 Å². The highest BCUT2D eigenvalue weighted by Gasteiger charge is 2.47. The largest absolute Gasteiger partial charge is 0.507 e. The second kappa shape index (κ2) is 7.79. The van der Waals surface area contributed by atoms with Gasteiger partial charge in [0, 0.05) is 23.9 Å². The second-order valence-electron chi connectivity index (χ2n) is 6.71. The summed E-state index contributed by atoms with van der Waals surface area (Å²) < 4.78 is 13.5. The lowest BCUT2D eigenvalue weighted by Crippen LogP contribution is -2.30. The van der Waals surface area contributed by atoms with E-state index in [1.807, 2.05) is 0 Å². The van der Waals surface area contributed by atoms with Gasteiger partial charge in [0.2, 0.25) is 0 Å². The number of benzene rings is 2. The second-order valence-corrected chi connectivity index (χ2v) is 6.71. The Morgan fingerprint density at radius 3 is 2.29 bits per heavy atom. The molecule has 1 atom stereocenters. The molecule has 1 N–H and O–H groups in total. The summed E-state index contributed by atoms with van der Waals surface area (Å²) in [6.45, 7) is 0. The van der Waals surface area contributed by atoms with E-state index in [1.54, 1.807) is 12.1 Å². The van der Waals surface area contributed by atoms with Crippen LogP contribution in [0.15, 0.2) is 78.5 Å². The number of anilines is 1. The zero-order valence-corrected chi connectivity index (χ0v) is 15.8. The number of nitro groups is 1. The fraction of sp³-hybridized carbons (Fsp3) is 0.0455. The number of non-ortho nitro benzene ring substituents is 1. The molecule has 0 saturated carbocycles. The number of aromatic nitrogens is 1. The van der Waals surface area contributed by atoms with Gasteiger partial charge in [0.05, 0.1) is 16.5 Å². The number of rotatable bonds is 4. The maximum atomic E-state index is 13.5. The van der Waals surface area contributed by atoms with Crippen molar-refractivity contribution in [3.8, 4) is 0 Å². The van der Waals surface area contributed by atoms with Crippen LogP contribution in [-0.4, -0.2) is 26.7 Å². The number of ketones is 1. The molecule has 3 aromatic rings. The Bertz CT molecular complexity index is 1210. The summed E-state index contributed by atoms with van der Waals surface area (Å²) in [5.41, 5.74) is 0.0862. The maximum Gasteiger partial charge on any atom is 0.301 e. The number of halogens is 1. The lowest BCUT2D eigenvalue weighted by atomic mass is 9.95.